The molecule has 5 rings (SSSR count). The number of hydrogen-bond acceptors (Lipinski definition) is 7. The Morgan fingerprint density at radius 3 is 2.70 bits per heavy atom. The van der Waals surface area contributed by atoms with Gasteiger partial charge in [0.15, 0.2) is 0 Å². The van der Waals surface area contributed by atoms with Gasteiger partial charge in [0.25, 0.3) is 16.0 Å². The van der Waals surface area contributed by atoms with Gasteiger partial charge in [-0.2, -0.15) is 13.5 Å². The standard InChI is InChI=1S/C32H34N4O6S2/c1-22-7-3-12-29(23(22)2)42-15-6-13-30(37)36-14-16-43-31-27(10-5-11-28(31)36)26-18-34-35(20-26)19-24-8-4-9-25(17-24)32(38)33-21-44(39,40)41/h3-5,7-12,17-18,20H,6,13-16,19,21H2,1-2H3,(H,33,38)(H,39,40,41). The average Bonchev–Trinajstić information content (AvgIpc) is 3.47. The molecule has 44 heavy (non-hydrogen) atoms. The minimum Gasteiger partial charge on any atom is -0.493 e. The number of benzene rings is 3. The Morgan fingerprint density at radius 1 is 1.09 bits per heavy atom. The molecule has 0 radical (unpaired) electrons. The lowest BCUT2D eigenvalue weighted by molar-refractivity contribution is -0.118. The van der Waals surface area contributed by atoms with Crippen molar-refractivity contribution in [3.05, 3.63) is 95.3 Å². The second-order valence-electron chi connectivity index (χ2n) is 10.6. The third-order valence-corrected chi connectivity index (χ3v) is 9.00. The topological polar surface area (TPSA) is 131 Å². The number of rotatable bonds is 11. The number of aromatic nitrogens is 2. The zero-order valence-electron chi connectivity index (χ0n) is 24.5. The van der Waals surface area contributed by atoms with E-state index in [9.17, 15) is 18.0 Å². The highest BCUT2D eigenvalue weighted by Gasteiger charge is 2.25. The molecule has 1 aromatic heterocycles. The summed E-state index contributed by atoms with van der Waals surface area (Å²) >= 11 is 1.72. The summed E-state index contributed by atoms with van der Waals surface area (Å²) in [4.78, 5) is 28.5. The lowest BCUT2D eigenvalue weighted by atomic mass is 10.1. The molecule has 0 saturated heterocycles. The van der Waals surface area contributed by atoms with Gasteiger partial charge in [0, 0.05) is 46.5 Å². The molecule has 2 heterocycles. The first-order chi connectivity index (χ1) is 21.1. The minimum absolute atomic E-state index is 0.0736. The van der Waals surface area contributed by atoms with Gasteiger partial charge in [-0.3, -0.25) is 18.8 Å². The van der Waals surface area contributed by atoms with Gasteiger partial charge in [-0.15, -0.1) is 11.8 Å². The Hall–Kier alpha value is -4.13. The largest absolute Gasteiger partial charge is 0.493 e. The van der Waals surface area contributed by atoms with Crippen molar-refractivity contribution in [1.82, 2.24) is 15.1 Å². The molecule has 12 heteroatoms. The van der Waals surface area contributed by atoms with Crippen molar-refractivity contribution < 1.29 is 27.3 Å². The van der Waals surface area contributed by atoms with Crippen LogP contribution in [0.3, 0.4) is 0 Å². The van der Waals surface area contributed by atoms with Crippen molar-refractivity contribution in [3.8, 4) is 16.9 Å². The molecular formula is C32H34N4O6S2. The lowest BCUT2D eigenvalue weighted by Crippen LogP contribution is -2.35. The molecule has 0 fully saturated rings. The van der Waals surface area contributed by atoms with Crippen LogP contribution in [0.15, 0.2) is 78.0 Å². The van der Waals surface area contributed by atoms with E-state index in [0.29, 0.717) is 32.5 Å². The molecule has 0 unspecified atom stereocenters. The third kappa shape index (κ3) is 7.68. The van der Waals surface area contributed by atoms with Crippen LogP contribution in [0.25, 0.3) is 11.1 Å². The predicted octanol–water partition coefficient (Wildman–Crippen LogP) is 5.09. The van der Waals surface area contributed by atoms with Crippen LogP contribution >= 0.6 is 11.8 Å². The first-order valence-electron chi connectivity index (χ1n) is 14.2. The van der Waals surface area contributed by atoms with Crippen molar-refractivity contribution in [1.29, 1.82) is 0 Å². The van der Waals surface area contributed by atoms with Gasteiger partial charge in [-0.05, 0) is 61.2 Å². The van der Waals surface area contributed by atoms with Gasteiger partial charge < -0.3 is 15.0 Å². The zero-order chi connectivity index (χ0) is 31.3. The third-order valence-electron chi connectivity index (χ3n) is 7.39. The van der Waals surface area contributed by atoms with Crippen LogP contribution in [0.2, 0.25) is 0 Å². The quantitative estimate of drug-likeness (QED) is 0.172. The second-order valence-corrected chi connectivity index (χ2v) is 13.1. The van der Waals surface area contributed by atoms with E-state index < -0.39 is 21.9 Å². The van der Waals surface area contributed by atoms with Crippen molar-refractivity contribution in [2.75, 3.05) is 29.7 Å². The van der Waals surface area contributed by atoms with Gasteiger partial charge in [-0.1, -0.05) is 36.4 Å². The van der Waals surface area contributed by atoms with Crippen molar-refractivity contribution in [3.63, 3.8) is 0 Å². The maximum Gasteiger partial charge on any atom is 0.283 e. The Bertz CT molecular complexity index is 1790. The molecule has 2 amide bonds. The number of amides is 2. The number of nitrogens with one attached hydrogen (secondary N) is 1. The van der Waals surface area contributed by atoms with E-state index in [2.05, 4.69) is 23.4 Å². The first kappa shape index (κ1) is 31.3. The Kier molecular flexibility index (Phi) is 9.72. The number of fused-ring (bicyclic) bond motifs is 1. The summed E-state index contributed by atoms with van der Waals surface area (Å²) in [7, 11) is -4.32. The summed E-state index contributed by atoms with van der Waals surface area (Å²) < 4.78 is 38.5. The van der Waals surface area contributed by atoms with Crippen LogP contribution in [0, 0.1) is 13.8 Å². The number of aryl methyl sites for hydroxylation is 1. The summed E-state index contributed by atoms with van der Waals surface area (Å²) in [5.41, 5.74) is 6.16. The number of anilines is 1. The van der Waals surface area contributed by atoms with Gasteiger partial charge in [-0.25, -0.2) is 0 Å². The molecule has 4 aromatic rings. The fourth-order valence-corrected chi connectivity index (χ4v) is 6.46. The van der Waals surface area contributed by atoms with E-state index in [1.54, 1.807) is 40.8 Å². The molecule has 1 aliphatic heterocycles. The molecule has 0 saturated carbocycles. The highest BCUT2D eigenvalue weighted by atomic mass is 32.2. The summed E-state index contributed by atoms with van der Waals surface area (Å²) in [6, 6.07) is 18.7. The van der Waals surface area contributed by atoms with Crippen LogP contribution in [-0.2, 0) is 21.5 Å². The average molecular weight is 635 g/mol. The number of thioether (sulfide) groups is 1. The van der Waals surface area contributed by atoms with Gasteiger partial charge in [0.1, 0.15) is 11.6 Å². The van der Waals surface area contributed by atoms with Crippen LogP contribution in [-0.4, -0.2) is 59.3 Å². The SMILES string of the molecule is Cc1cccc(OCCCC(=O)N2CCSc3c(-c4cnn(Cc5cccc(C(=O)NCS(=O)(=O)O)c5)c4)cccc32)c1C. The molecule has 1 aliphatic rings. The van der Waals surface area contributed by atoms with Gasteiger partial charge >= 0.3 is 0 Å². The minimum atomic E-state index is -4.32. The van der Waals surface area contributed by atoms with Crippen LogP contribution < -0.4 is 15.0 Å². The normalized spacial score (nSPS) is 12.9. The zero-order valence-corrected chi connectivity index (χ0v) is 26.2. The number of hydrogen-bond donors (Lipinski definition) is 2. The maximum absolute atomic E-state index is 13.3. The molecule has 10 nitrogen and oxygen atoms in total. The van der Waals surface area contributed by atoms with Crippen LogP contribution in [0.5, 0.6) is 5.75 Å². The van der Waals surface area contributed by atoms with Crippen molar-refractivity contribution in [2.45, 2.75) is 38.1 Å². The molecule has 3 aromatic carbocycles. The van der Waals surface area contributed by atoms with E-state index in [4.69, 9.17) is 9.29 Å². The molecule has 2 N–H and O–H groups in total. The lowest BCUT2D eigenvalue weighted by Gasteiger charge is -2.30. The first-order valence-corrected chi connectivity index (χ1v) is 16.8. The molecule has 0 atom stereocenters. The summed E-state index contributed by atoms with van der Waals surface area (Å²) in [6.45, 7) is 5.60. The molecular weight excluding hydrogens is 601 g/mol. The van der Waals surface area contributed by atoms with Crippen molar-refractivity contribution in [2.24, 2.45) is 0 Å². The van der Waals surface area contributed by atoms with Crippen LogP contribution in [0.4, 0.5) is 5.69 Å². The van der Waals surface area contributed by atoms with Gasteiger partial charge in [0.2, 0.25) is 5.91 Å². The number of ether oxygens (including phenoxy) is 1. The summed E-state index contributed by atoms with van der Waals surface area (Å²) in [5.74, 6) is 0.255. The Balaban J connectivity index is 1.24. The second kappa shape index (κ2) is 13.7. The Morgan fingerprint density at radius 2 is 1.89 bits per heavy atom. The van der Waals surface area contributed by atoms with Crippen LogP contribution in [0.1, 0.15) is 39.9 Å². The molecule has 0 spiro atoms. The van der Waals surface area contributed by atoms with E-state index >= 15 is 0 Å². The van der Waals surface area contributed by atoms with E-state index in [-0.39, 0.29) is 11.5 Å². The predicted molar refractivity (Wildman–Crippen MR) is 171 cm³/mol. The highest BCUT2D eigenvalue weighted by Crippen LogP contribution is 2.42. The molecule has 0 aliphatic carbocycles. The fourth-order valence-electron chi connectivity index (χ4n) is 5.00. The summed E-state index contributed by atoms with van der Waals surface area (Å²) in [6.07, 6.45) is 4.72. The highest BCUT2D eigenvalue weighted by molar-refractivity contribution is 7.99. The van der Waals surface area contributed by atoms with Crippen molar-refractivity contribution >= 4 is 39.4 Å². The number of nitrogens with zero attached hydrogens (tertiary/aromatic N) is 3. The fraction of sp³-hybridized carbons (Fsp3) is 0.281. The number of carbonyl (C=O) groups is 2. The van der Waals surface area contributed by atoms with E-state index in [1.165, 1.54) is 5.56 Å². The van der Waals surface area contributed by atoms with E-state index in [1.807, 2.05) is 54.4 Å². The molecule has 0 bridgehead atoms. The van der Waals surface area contributed by atoms with Gasteiger partial charge in [0.05, 0.1) is 25.0 Å². The number of carbonyl (C=O) groups excluding carboxylic acids is 2. The smallest absolute Gasteiger partial charge is 0.283 e. The summed E-state index contributed by atoms with van der Waals surface area (Å²) in [5, 5.41) is 6.71. The molecule has 230 valence electrons. The van der Waals surface area contributed by atoms with E-state index in [0.717, 1.165) is 44.3 Å². The Labute approximate surface area is 261 Å². The monoisotopic (exact) mass is 634 g/mol. The maximum atomic E-state index is 13.3.